The lowest BCUT2D eigenvalue weighted by atomic mass is 10.2. The van der Waals surface area contributed by atoms with Crippen LogP contribution in [0, 0.1) is 0 Å². The summed E-state index contributed by atoms with van der Waals surface area (Å²) < 4.78 is 0. The Kier molecular flexibility index (Phi) is 3.56. The van der Waals surface area contributed by atoms with E-state index in [9.17, 15) is 0 Å². The van der Waals surface area contributed by atoms with Crippen LogP contribution in [0.4, 0.5) is 5.13 Å². The molecule has 2 atom stereocenters. The third-order valence-electron chi connectivity index (χ3n) is 3.56. The Morgan fingerprint density at radius 3 is 2.50 bits per heavy atom. The van der Waals surface area contributed by atoms with Gasteiger partial charge in [-0.1, -0.05) is 13.8 Å². The summed E-state index contributed by atoms with van der Waals surface area (Å²) in [7, 11) is 0. The van der Waals surface area contributed by atoms with Crippen molar-refractivity contribution in [3.63, 3.8) is 0 Å². The van der Waals surface area contributed by atoms with Gasteiger partial charge in [-0.15, -0.1) is 11.3 Å². The molecule has 3 nitrogen and oxygen atoms in total. The Balaban J connectivity index is 1.82. The fraction of sp³-hybridized carbons (Fsp3) is 0.769. The molecule has 2 aliphatic rings. The molecule has 1 aliphatic carbocycles. The van der Waals surface area contributed by atoms with Gasteiger partial charge in [0.2, 0.25) is 0 Å². The van der Waals surface area contributed by atoms with E-state index in [2.05, 4.69) is 30.5 Å². The third kappa shape index (κ3) is 2.53. The van der Waals surface area contributed by atoms with Crippen LogP contribution in [-0.4, -0.2) is 28.6 Å². The van der Waals surface area contributed by atoms with Crippen LogP contribution in [0.15, 0.2) is 0 Å². The normalized spacial score (nSPS) is 28.7. The molecule has 2 N–H and O–H groups in total. The summed E-state index contributed by atoms with van der Waals surface area (Å²) in [4.78, 5) is 8.66. The largest absolute Gasteiger partial charge is 0.346 e. The van der Waals surface area contributed by atoms with Crippen molar-refractivity contribution in [3.8, 4) is 0 Å². The van der Waals surface area contributed by atoms with Gasteiger partial charge in [-0.2, -0.15) is 11.8 Å². The summed E-state index contributed by atoms with van der Waals surface area (Å²) in [6.45, 7) is 7.52. The highest BCUT2D eigenvalue weighted by Gasteiger charge is 2.31. The summed E-state index contributed by atoms with van der Waals surface area (Å²) >= 11 is 3.90. The average molecular weight is 283 g/mol. The second-order valence-electron chi connectivity index (χ2n) is 5.45. The van der Waals surface area contributed by atoms with Gasteiger partial charge in [-0.3, -0.25) is 0 Å². The van der Waals surface area contributed by atoms with E-state index in [0.717, 1.165) is 13.1 Å². The van der Waals surface area contributed by atoms with E-state index in [1.54, 1.807) is 0 Å². The van der Waals surface area contributed by atoms with Crippen molar-refractivity contribution in [2.45, 2.75) is 49.7 Å². The van der Waals surface area contributed by atoms with Crippen molar-refractivity contribution in [1.82, 2.24) is 4.98 Å². The molecule has 0 spiro atoms. The smallest absolute Gasteiger partial charge is 0.185 e. The first kappa shape index (κ1) is 12.8. The van der Waals surface area contributed by atoms with Crippen LogP contribution < -0.4 is 10.6 Å². The maximum absolute atomic E-state index is 5.86. The molecular weight excluding hydrogens is 262 g/mol. The van der Waals surface area contributed by atoms with Crippen LogP contribution >= 0.6 is 23.1 Å². The lowest BCUT2D eigenvalue weighted by Crippen LogP contribution is -2.40. The van der Waals surface area contributed by atoms with Crippen LogP contribution in [-0.2, 0) is 6.54 Å². The zero-order valence-electron chi connectivity index (χ0n) is 11.1. The molecule has 0 radical (unpaired) electrons. The molecule has 1 saturated heterocycles. The molecule has 18 heavy (non-hydrogen) atoms. The van der Waals surface area contributed by atoms with Crippen LogP contribution in [0.25, 0.3) is 0 Å². The lowest BCUT2D eigenvalue weighted by molar-refractivity contribution is 0.724. The Morgan fingerprint density at radius 2 is 1.94 bits per heavy atom. The molecule has 0 bridgehead atoms. The summed E-state index contributed by atoms with van der Waals surface area (Å²) in [5.74, 6) is 0.711. The second kappa shape index (κ2) is 5.02. The molecule has 0 amide bonds. The molecule has 2 unspecified atom stereocenters. The molecular formula is C13H21N3S2. The minimum Gasteiger partial charge on any atom is -0.346 e. The standard InChI is InChI=1S/C13H21N3S2/c1-8-6-16(7-9(2)17-8)13-15-12(10-3-4-10)11(5-14)18-13/h8-10H,3-7,14H2,1-2H3. The summed E-state index contributed by atoms with van der Waals surface area (Å²) in [5, 5.41) is 2.60. The van der Waals surface area contributed by atoms with Gasteiger partial charge in [0, 0.05) is 40.9 Å². The molecule has 1 aliphatic heterocycles. The van der Waals surface area contributed by atoms with E-state index >= 15 is 0 Å². The number of rotatable bonds is 3. The SMILES string of the molecule is CC1CN(c2nc(C3CC3)c(CN)s2)CC(C)S1. The van der Waals surface area contributed by atoms with Crippen LogP contribution in [0.1, 0.15) is 43.2 Å². The van der Waals surface area contributed by atoms with E-state index < -0.39 is 0 Å². The molecule has 3 rings (SSSR count). The first-order valence-corrected chi connectivity index (χ1v) is 8.53. The number of anilines is 1. The predicted molar refractivity (Wildman–Crippen MR) is 80.7 cm³/mol. The van der Waals surface area contributed by atoms with E-state index in [-0.39, 0.29) is 0 Å². The molecule has 0 aromatic carbocycles. The molecule has 2 fully saturated rings. The van der Waals surface area contributed by atoms with Crippen molar-refractivity contribution in [3.05, 3.63) is 10.6 Å². The Morgan fingerprint density at radius 1 is 1.28 bits per heavy atom. The zero-order valence-corrected chi connectivity index (χ0v) is 12.7. The quantitative estimate of drug-likeness (QED) is 0.926. The first-order valence-electron chi connectivity index (χ1n) is 6.77. The van der Waals surface area contributed by atoms with E-state index in [1.165, 1.54) is 28.5 Å². The van der Waals surface area contributed by atoms with Gasteiger partial charge in [0.25, 0.3) is 0 Å². The number of aromatic nitrogens is 1. The molecule has 100 valence electrons. The summed E-state index contributed by atoms with van der Waals surface area (Å²) in [6.07, 6.45) is 2.61. The van der Waals surface area contributed by atoms with Gasteiger partial charge in [0.05, 0.1) is 5.69 Å². The number of hydrogen-bond acceptors (Lipinski definition) is 5. The third-order valence-corrected chi connectivity index (χ3v) is 5.94. The minimum atomic E-state index is 0.650. The first-order chi connectivity index (χ1) is 8.67. The van der Waals surface area contributed by atoms with Crippen LogP contribution in [0.2, 0.25) is 0 Å². The number of nitrogens with two attached hydrogens (primary N) is 1. The van der Waals surface area contributed by atoms with E-state index in [4.69, 9.17) is 10.7 Å². The molecule has 2 heterocycles. The van der Waals surface area contributed by atoms with Gasteiger partial charge in [0.15, 0.2) is 5.13 Å². The Labute approximate surface area is 117 Å². The highest BCUT2D eigenvalue weighted by atomic mass is 32.2. The summed E-state index contributed by atoms with van der Waals surface area (Å²) in [5.41, 5.74) is 7.16. The van der Waals surface area contributed by atoms with Crippen molar-refractivity contribution in [1.29, 1.82) is 0 Å². The second-order valence-corrected chi connectivity index (χ2v) is 8.39. The molecule has 1 aromatic rings. The fourth-order valence-corrected chi connectivity index (χ4v) is 5.01. The van der Waals surface area contributed by atoms with Crippen molar-refractivity contribution >= 4 is 28.2 Å². The highest BCUT2D eigenvalue weighted by molar-refractivity contribution is 8.00. The fourth-order valence-electron chi connectivity index (χ4n) is 2.64. The number of hydrogen-bond donors (Lipinski definition) is 1. The Bertz CT molecular complexity index is 418. The van der Waals surface area contributed by atoms with Gasteiger partial charge >= 0.3 is 0 Å². The van der Waals surface area contributed by atoms with Crippen LogP contribution in [0.3, 0.4) is 0 Å². The Hall–Kier alpha value is -0.260. The molecule has 5 heteroatoms. The molecule has 1 aromatic heterocycles. The number of nitrogens with zero attached hydrogens (tertiary/aromatic N) is 2. The van der Waals surface area contributed by atoms with E-state index in [0.29, 0.717) is 23.0 Å². The van der Waals surface area contributed by atoms with Crippen molar-refractivity contribution in [2.75, 3.05) is 18.0 Å². The van der Waals surface area contributed by atoms with Gasteiger partial charge in [-0.05, 0) is 12.8 Å². The monoisotopic (exact) mass is 283 g/mol. The van der Waals surface area contributed by atoms with E-state index in [1.807, 2.05) is 11.3 Å². The molecule has 1 saturated carbocycles. The van der Waals surface area contributed by atoms with Crippen molar-refractivity contribution < 1.29 is 0 Å². The maximum Gasteiger partial charge on any atom is 0.185 e. The summed E-state index contributed by atoms with van der Waals surface area (Å²) in [6, 6.07) is 0. The lowest BCUT2D eigenvalue weighted by Gasteiger charge is -2.34. The maximum atomic E-state index is 5.86. The topological polar surface area (TPSA) is 42.2 Å². The number of thiazole rings is 1. The predicted octanol–water partition coefficient (Wildman–Crippen LogP) is 2.81. The highest BCUT2D eigenvalue weighted by Crippen LogP contribution is 2.44. The van der Waals surface area contributed by atoms with Gasteiger partial charge in [0.1, 0.15) is 0 Å². The van der Waals surface area contributed by atoms with Crippen LogP contribution in [0.5, 0.6) is 0 Å². The average Bonchev–Trinajstić information content (AvgIpc) is 3.07. The number of thioether (sulfide) groups is 1. The van der Waals surface area contributed by atoms with Gasteiger partial charge in [-0.25, -0.2) is 4.98 Å². The zero-order chi connectivity index (χ0) is 12.7. The van der Waals surface area contributed by atoms with Gasteiger partial charge < -0.3 is 10.6 Å². The van der Waals surface area contributed by atoms with Crippen molar-refractivity contribution in [2.24, 2.45) is 5.73 Å². The minimum absolute atomic E-state index is 0.650.